The molecule has 0 aliphatic heterocycles. The second-order valence-electron chi connectivity index (χ2n) is 5.92. The van der Waals surface area contributed by atoms with Crippen molar-refractivity contribution >= 4 is 17.6 Å². The molecule has 154 valence electrons. The van der Waals surface area contributed by atoms with Gasteiger partial charge in [-0.1, -0.05) is 12.1 Å². The van der Waals surface area contributed by atoms with E-state index < -0.39 is 34.9 Å². The first-order valence-electron chi connectivity index (χ1n) is 8.36. The first-order chi connectivity index (χ1) is 13.8. The van der Waals surface area contributed by atoms with Crippen LogP contribution in [-0.4, -0.2) is 37.6 Å². The zero-order chi connectivity index (χ0) is 21.6. The van der Waals surface area contributed by atoms with E-state index in [-0.39, 0.29) is 23.6 Å². The Kier molecular flexibility index (Phi) is 7.07. The monoisotopic (exact) mass is 406 g/mol. The third-order valence-electron chi connectivity index (χ3n) is 3.98. The van der Waals surface area contributed by atoms with Gasteiger partial charge in [-0.25, -0.2) is 9.18 Å². The maximum atomic E-state index is 13.5. The van der Waals surface area contributed by atoms with E-state index in [2.05, 4.69) is 5.32 Å². The van der Waals surface area contributed by atoms with Crippen LogP contribution in [0.4, 0.5) is 10.1 Å². The summed E-state index contributed by atoms with van der Waals surface area (Å²) in [5, 5.41) is 13.7. The summed E-state index contributed by atoms with van der Waals surface area (Å²) in [7, 11) is 2.60. The van der Waals surface area contributed by atoms with Crippen LogP contribution in [0, 0.1) is 22.9 Å². The molecule has 2 aromatic rings. The molecule has 0 fully saturated rings. The Morgan fingerprint density at radius 3 is 2.38 bits per heavy atom. The zero-order valence-electron chi connectivity index (χ0n) is 16.0. The van der Waals surface area contributed by atoms with Gasteiger partial charge in [0.05, 0.1) is 25.2 Å². The number of nitrogens with zero attached hydrogens (tertiary/aromatic N) is 1. The minimum absolute atomic E-state index is 0.0318. The van der Waals surface area contributed by atoms with Gasteiger partial charge in [-0.3, -0.25) is 14.9 Å². The fourth-order valence-electron chi connectivity index (χ4n) is 2.39. The van der Waals surface area contributed by atoms with Gasteiger partial charge in [-0.15, -0.1) is 0 Å². The molecule has 0 spiro atoms. The van der Waals surface area contributed by atoms with Crippen LogP contribution in [0.25, 0.3) is 0 Å². The highest BCUT2D eigenvalue weighted by Gasteiger charge is 2.26. The van der Waals surface area contributed by atoms with Gasteiger partial charge in [0.1, 0.15) is 11.4 Å². The highest BCUT2D eigenvalue weighted by Crippen LogP contribution is 2.34. The number of halogens is 1. The van der Waals surface area contributed by atoms with Crippen LogP contribution in [0.3, 0.4) is 0 Å². The summed E-state index contributed by atoms with van der Waals surface area (Å²) in [5.74, 6) is -1.96. The lowest BCUT2D eigenvalue weighted by Gasteiger charge is -2.11. The Labute approximate surface area is 165 Å². The Morgan fingerprint density at radius 1 is 1.14 bits per heavy atom. The fraction of sp³-hybridized carbons (Fsp3) is 0.263. The average molecular weight is 406 g/mol. The van der Waals surface area contributed by atoms with Crippen molar-refractivity contribution in [3.63, 3.8) is 0 Å². The minimum atomic E-state index is -1.07. The molecular formula is C19H19FN2O7. The SMILES string of the molecule is COc1cc(C(=O)OCC(=O)NCc2ccc(C)c(F)c2)c([N+](=O)[O-])cc1OC. The molecule has 29 heavy (non-hydrogen) atoms. The number of methoxy groups -OCH3 is 2. The Hall–Kier alpha value is -3.69. The van der Waals surface area contributed by atoms with Crippen molar-refractivity contribution in [3.8, 4) is 11.5 Å². The number of hydrogen-bond acceptors (Lipinski definition) is 7. The predicted molar refractivity (Wildman–Crippen MR) is 99.5 cm³/mol. The summed E-state index contributed by atoms with van der Waals surface area (Å²) in [6.45, 7) is 0.979. The number of esters is 1. The van der Waals surface area contributed by atoms with Crippen molar-refractivity contribution in [3.05, 3.63) is 63.0 Å². The number of nitro benzene ring substituents is 1. The summed E-state index contributed by atoms with van der Waals surface area (Å²) in [4.78, 5) is 34.6. The Morgan fingerprint density at radius 2 is 1.79 bits per heavy atom. The molecule has 2 rings (SSSR count). The lowest BCUT2D eigenvalue weighted by Crippen LogP contribution is -2.28. The van der Waals surface area contributed by atoms with Crippen molar-refractivity contribution in [1.29, 1.82) is 0 Å². The van der Waals surface area contributed by atoms with Crippen LogP contribution in [0.1, 0.15) is 21.5 Å². The van der Waals surface area contributed by atoms with Gasteiger partial charge in [0.2, 0.25) is 0 Å². The zero-order valence-corrected chi connectivity index (χ0v) is 16.0. The number of aryl methyl sites for hydroxylation is 1. The molecule has 2 aromatic carbocycles. The molecule has 0 radical (unpaired) electrons. The van der Waals surface area contributed by atoms with Crippen LogP contribution < -0.4 is 14.8 Å². The molecule has 9 nitrogen and oxygen atoms in total. The Bertz CT molecular complexity index is 946. The molecule has 0 aliphatic carbocycles. The molecule has 0 saturated heterocycles. The molecule has 0 unspecified atom stereocenters. The number of nitro groups is 1. The Balaban J connectivity index is 2.03. The molecule has 1 N–H and O–H groups in total. The average Bonchev–Trinajstić information content (AvgIpc) is 2.71. The maximum absolute atomic E-state index is 13.5. The number of nitrogens with one attached hydrogen (secondary N) is 1. The van der Waals surface area contributed by atoms with Crippen LogP contribution in [0.15, 0.2) is 30.3 Å². The second kappa shape index (κ2) is 9.49. The van der Waals surface area contributed by atoms with E-state index in [1.165, 1.54) is 20.3 Å². The molecule has 0 atom stereocenters. The largest absolute Gasteiger partial charge is 0.493 e. The van der Waals surface area contributed by atoms with Crippen molar-refractivity contribution in [2.45, 2.75) is 13.5 Å². The van der Waals surface area contributed by atoms with Crippen LogP contribution in [0.5, 0.6) is 11.5 Å². The minimum Gasteiger partial charge on any atom is -0.493 e. The van der Waals surface area contributed by atoms with E-state index in [0.717, 1.165) is 12.1 Å². The van der Waals surface area contributed by atoms with Crippen LogP contribution in [0.2, 0.25) is 0 Å². The summed E-state index contributed by atoms with van der Waals surface area (Å²) < 4.78 is 28.4. The van der Waals surface area contributed by atoms with Gasteiger partial charge in [0.25, 0.3) is 11.6 Å². The van der Waals surface area contributed by atoms with Crippen molar-refractivity contribution in [2.75, 3.05) is 20.8 Å². The summed E-state index contributed by atoms with van der Waals surface area (Å²) >= 11 is 0. The third-order valence-corrected chi connectivity index (χ3v) is 3.98. The summed E-state index contributed by atoms with van der Waals surface area (Å²) in [6.07, 6.45) is 0. The number of ether oxygens (including phenoxy) is 3. The smallest absolute Gasteiger partial charge is 0.345 e. The van der Waals surface area contributed by atoms with Crippen molar-refractivity contribution in [1.82, 2.24) is 5.32 Å². The molecule has 0 saturated carbocycles. The molecule has 1 amide bonds. The van der Waals surface area contributed by atoms with Gasteiger partial charge in [0, 0.05) is 12.6 Å². The fourth-order valence-corrected chi connectivity index (χ4v) is 2.39. The van der Waals surface area contributed by atoms with Crippen molar-refractivity contribution < 1.29 is 33.1 Å². The first-order valence-corrected chi connectivity index (χ1v) is 8.36. The predicted octanol–water partition coefficient (Wildman–Crippen LogP) is 2.53. The van der Waals surface area contributed by atoms with Gasteiger partial charge in [-0.05, 0) is 24.1 Å². The summed E-state index contributed by atoms with van der Waals surface area (Å²) in [6, 6.07) is 6.65. The van der Waals surface area contributed by atoms with E-state index in [4.69, 9.17) is 14.2 Å². The quantitative estimate of drug-likeness (QED) is 0.407. The van der Waals surface area contributed by atoms with Crippen LogP contribution in [-0.2, 0) is 16.1 Å². The molecule has 0 bridgehead atoms. The maximum Gasteiger partial charge on any atom is 0.345 e. The molecule has 0 heterocycles. The van der Waals surface area contributed by atoms with E-state index in [0.29, 0.717) is 11.1 Å². The number of carbonyl (C=O) groups is 2. The normalized spacial score (nSPS) is 10.2. The highest BCUT2D eigenvalue weighted by molar-refractivity contribution is 5.96. The first kappa shape index (κ1) is 21.6. The highest BCUT2D eigenvalue weighted by atomic mass is 19.1. The summed E-state index contributed by atoms with van der Waals surface area (Å²) in [5.41, 5.74) is 0.0677. The number of amides is 1. The second-order valence-corrected chi connectivity index (χ2v) is 5.92. The molecule has 0 aromatic heterocycles. The number of hydrogen-bond donors (Lipinski definition) is 1. The van der Waals surface area contributed by atoms with E-state index in [9.17, 15) is 24.1 Å². The third kappa shape index (κ3) is 5.41. The van der Waals surface area contributed by atoms with Gasteiger partial charge >= 0.3 is 5.97 Å². The van der Waals surface area contributed by atoms with Crippen molar-refractivity contribution in [2.24, 2.45) is 0 Å². The van der Waals surface area contributed by atoms with Gasteiger partial charge in [-0.2, -0.15) is 0 Å². The van der Waals surface area contributed by atoms with Gasteiger partial charge in [0.15, 0.2) is 18.1 Å². The lowest BCUT2D eigenvalue weighted by molar-refractivity contribution is -0.385. The molecular weight excluding hydrogens is 387 g/mol. The number of rotatable bonds is 8. The number of carbonyl (C=O) groups excluding carboxylic acids is 2. The molecule has 10 heteroatoms. The lowest BCUT2D eigenvalue weighted by atomic mass is 10.1. The van der Waals surface area contributed by atoms with E-state index in [1.807, 2.05) is 0 Å². The standard InChI is InChI=1S/C19H19FN2O7/c1-11-4-5-12(6-14(11)20)9-21-18(23)10-29-19(24)13-7-16(27-2)17(28-3)8-15(13)22(25)26/h4-8H,9-10H2,1-3H3,(H,21,23). The van der Waals surface area contributed by atoms with E-state index >= 15 is 0 Å². The van der Waals surface area contributed by atoms with Gasteiger partial charge < -0.3 is 19.5 Å². The topological polar surface area (TPSA) is 117 Å². The van der Waals surface area contributed by atoms with Crippen LogP contribution >= 0.6 is 0 Å². The number of benzene rings is 2. The van der Waals surface area contributed by atoms with E-state index in [1.54, 1.807) is 19.1 Å². The molecule has 0 aliphatic rings.